The number of nitrogens with zero attached hydrogens (tertiary/aromatic N) is 1. The minimum Gasteiger partial charge on any atom is -0.480 e. The van der Waals surface area contributed by atoms with Gasteiger partial charge in [-0.1, -0.05) is 0 Å². The number of carboxylic acids is 1. The molecule has 0 aromatic carbocycles. The Hall–Kier alpha value is -2.01. The first-order valence-corrected chi connectivity index (χ1v) is 12.6. The molecule has 14 nitrogen and oxygen atoms in total. The molecule has 220 valence electrons. The van der Waals surface area contributed by atoms with Gasteiger partial charge < -0.3 is 47.7 Å². The van der Waals surface area contributed by atoms with E-state index in [0.29, 0.717) is 99.1 Å². The van der Waals surface area contributed by atoms with Crippen molar-refractivity contribution in [2.24, 2.45) is 0 Å². The maximum Gasteiger partial charge on any atom is 0.329 e. The number of carbonyl (C=O) groups is 3. The lowest BCUT2D eigenvalue weighted by Gasteiger charge is -2.13. The largest absolute Gasteiger partial charge is 0.480 e. The molecule has 0 aromatic heterocycles. The van der Waals surface area contributed by atoms with Crippen LogP contribution in [0.1, 0.15) is 0 Å². The Morgan fingerprint density at radius 1 is 0.500 bits per heavy atom. The van der Waals surface area contributed by atoms with Crippen LogP contribution in [0, 0.1) is 0 Å². The molecular weight excluding hydrogens is 510 g/mol. The lowest BCUT2D eigenvalue weighted by molar-refractivity contribution is -0.143. The molecule has 0 atom stereocenters. The van der Waals surface area contributed by atoms with E-state index in [9.17, 15) is 14.4 Å². The Morgan fingerprint density at radius 3 is 1.05 bits per heavy atom. The summed E-state index contributed by atoms with van der Waals surface area (Å²) in [4.78, 5) is 34.1. The minimum absolute atomic E-state index is 0.234. The Balaban J connectivity index is 1.65. The second-order valence-electron chi connectivity index (χ2n) is 7.51. The monoisotopic (exact) mass is 551 g/mol. The fourth-order valence-electron chi connectivity index (χ4n) is 2.73. The van der Waals surface area contributed by atoms with Gasteiger partial charge in [-0.3, -0.25) is 14.5 Å². The molecule has 0 bridgehead atoms. The van der Waals surface area contributed by atoms with Crippen LogP contribution in [0.4, 0.5) is 0 Å². The third-order valence-corrected chi connectivity index (χ3v) is 4.56. The van der Waals surface area contributed by atoms with Crippen LogP contribution in [0.25, 0.3) is 0 Å². The van der Waals surface area contributed by atoms with Crippen molar-refractivity contribution in [3.8, 4) is 0 Å². The van der Waals surface area contributed by atoms with Crippen molar-refractivity contribution in [1.29, 1.82) is 0 Å². The maximum absolute atomic E-state index is 11.4. The van der Waals surface area contributed by atoms with Crippen molar-refractivity contribution < 1.29 is 62.1 Å². The Kier molecular flexibility index (Phi) is 22.6. The second kappa shape index (κ2) is 25.3. The summed E-state index contributed by atoms with van der Waals surface area (Å²) >= 11 is 0. The highest BCUT2D eigenvalue weighted by atomic mass is 16.6. The van der Waals surface area contributed by atoms with E-state index in [1.54, 1.807) is 0 Å². The third kappa shape index (κ3) is 21.0. The number of rotatable bonds is 29. The topological polar surface area (TPSA) is 158 Å². The molecule has 0 saturated carbocycles. The molecule has 0 radical (unpaired) electrons. The summed E-state index contributed by atoms with van der Waals surface area (Å²) in [5.74, 6) is -1.63. The molecule has 14 heteroatoms. The van der Waals surface area contributed by atoms with Gasteiger partial charge in [-0.15, -0.1) is 0 Å². The van der Waals surface area contributed by atoms with E-state index in [4.69, 9.17) is 47.7 Å². The molecule has 0 spiro atoms. The fraction of sp³-hybridized carbons (Fsp3) is 0.792. The predicted octanol–water partition coefficient (Wildman–Crippen LogP) is -0.855. The van der Waals surface area contributed by atoms with E-state index in [0.717, 1.165) is 4.90 Å². The van der Waals surface area contributed by atoms with E-state index in [-0.39, 0.29) is 38.2 Å². The number of carboxylic acid groups (broad SMARTS) is 1. The number of carbonyl (C=O) groups excluding carboxylic acids is 2. The zero-order chi connectivity index (χ0) is 27.5. The van der Waals surface area contributed by atoms with Gasteiger partial charge in [0.2, 0.25) is 0 Å². The first-order chi connectivity index (χ1) is 18.6. The van der Waals surface area contributed by atoms with Crippen molar-refractivity contribution in [3.63, 3.8) is 0 Å². The SMILES string of the molecule is O=C(O)COCCOCCOCCOCCOCCOCCOCCOCCOCCN1C(=O)C=CC1=O. The van der Waals surface area contributed by atoms with Gasteiger partial charge in [0, 0.05) is 12.2 Å². The second-order valence-corrected chi connectivity index (χ2v) is 7.51. The van der Waals surface area contributed by atoms with Crippen molar-refractivity contribution in [1.82, 2.24) is 4.90 Å². The average Bonchev–Trinajstić information content (AvgIpc) is 3.22. The quantitative estimate of drug-likeness (QED) is 0.0906. The Bertz CT molecular complexity index is 629. The fourth-order valence-corrected chi connectivity index (χ4v) is 2.73. The highest BCUT2D eigenvalue weighted by molar-refractivity contribution is 6.12. The summed E-state index contributed by atoms with van der Waals surface area (Å²) in [7, 11) is 0. The van der Waals surface area contributed by atoms with Crippen LogP contribution in [-0.4, -0.2) is 153 Å². The molecule has 1 aliphatic heterocycles. The molecule has 1 rings (SSSR count). The van der Waals surface area contributed by atoms with Gasteiger partial charge in [-0.25, -0.2) is 4.79 Å². The van der Waals surface area contributed by atoms with Gasteiger partial charge in [-0.05, 0) is 0 Å². The van der Waals surface area contributed by atoms with Crippen LogP contribution in [0.5, 0.6) is 0 Å². The lowest BCUT2D eigenvalue weighted by atomic mass is 10.5. The number of imide groups is 1. The predicted molar refractivity (Wildman–Crippen MR) is 131 cm³/mol. The molecule has 0 saturated heterocycles. The summed E-state index contributed by atoms with van der Waals surface area (Å²) in [6.07, 6.45) is 2.50. The van der Waals surface area contributed by atoms with Crippen molar-refractivity contribution >= 4 is 17.8 Å². The number of amides is 2. The van der Waals surface area contributed by atoms with Gasteiger partial charge in [0.1, 0.15) is 6.61 Å². The summed E-state index contributed by atoms with van der Waals surface area (Å²) in [6, 6.07) is 0. The molecule has 0 aliphatic carbocycles. The number of aliphatic carboxylic acids is 1. The van der Waals surface area contributed by atoms with Crippen LogP contribution in [0.3, 0.4) is 0 Å². The third-order valence-electron chi connectivity index (χ3n) is 4.56. The van der Waals surface area contributed by atoms with E-state index in [2.05, 4.69) is 0 Å². The highest BCUT2D eigenvalue weighted by Gasteiger charge is 2.22. The molecular formula is C24H41NO13. The zero-order valence-electron chi connectivity index (χ0n) is 21.9. The van der Waals surface area contributed by atoms with Gasteiger partial charge in [0.05, 0.1) is 119 Å². The first kappa shape index (κ1) is 34.0. The van der Waals surface area contributed by atoms with E-state index < -0.39 is 5.97 Å². The van der Waals surface area contributed by atoms with Gasteiger partial charge >= 0.3 is 5.97 Å². The van der Waals surface area contributed by atoms with E-state index >= 15 is 0 Å². The van der Waals surface area contributed by atoms with Crippen LogP contribution in [-0.2, 0) is 57.0 Å². The van der Waals surface area contributed by atoms with Crippen LogP contribution >= 0.6 is 0 Å². The van der Waals surface area contributed by atoms with E-state index in [1.807, 2.05) is 0 Å². The van der Waals surface area contributed by atoms with E-state index in [1.165, 1.54) is 12.2 Å². The molecule has 0 aromatic rings. The lowest BCUT2D eigenvalue weighted by Crippen LogP contribution is -2.33. The van der Waals surface area contributed by atoms with Crippen LogP contribution in [0.2, 0.25) is 0 Å². The summed E-state index contributed by atoms with van der Waals surface area (Å²) in [5, 5.41) is 8.40. The van der Waals surface area contributed by atoms with Crippen molar-refractivity contribution in [2.75, 3.05) is 125 Å². The van der Waals surface area contributed by atoms with Gasteiger partial charge in [0.15, 0.2) is 0 Å². The number of ether oxygens (including phenoxy) is 9. The summed E-state index contributed by atoms with van der Waals surface area (Å²) < 4.78 is 47.7. The first-order valence-electron chi connectivity index (χ1n) is 12.6. The van der Waals surface area contributed by atoms with Crippen LogP contribution < -0.4 is 0 Å². The maximum atomic E-state index is 11.4. The van der Waals surface area contributed by atoms with Crippen molar-refractivity contribution in [3.05, 3.63) is 12.2 Å². The van der Waals surface area contributed by atoms with Gasteiger partial charge in [0.25, 0.3) is 11.8 Å². The summed E-state index contributed by atoms with van der Waals surface area (Å²) in [6.45, 7) is 6.90. The van der Waals surface area contributed by atoms with Crippen molar-refractivity contribution in [2.45, 2.75) is 0 Å². The molecule has 0 fully saturated rings. The summed E-state index contributed by atoms with van der Waals surface area (Å²) in [5.41, 5.74) is 0. The van der Waals surface area contributed by atoms with Gasteiger partial charge in [-0.2, -0.15) is 0 Å². The smallest absolute Gasteiger partial charge is 0.329 e. The Morgan fingerprint density at radius 2 is 0.763 bits per heavy atom. The normalized spacial score (nSPS) is 13.2. The number of hydrogen-bond donors (Lipinski definition) is 1. The molecule has 1 aliphatic rings. The molecule has 2 amide bonds. The molecule has 1 heterocycles. The molecule has 0 unspecified atom stereocenters. The molecule has 38 heavy (non-hydrogen) atoms. The average molecular weight is 552 g/mol. The number of hydrogen-bond acceptors (Lipinski definition) is 12. The molecule has 1 N–H and O–H groups in total. The highest BCUT2D eigenvalue weighted by Crippen LogP contribution is 2.02. The Labute approximate surface area is 222 Å². The minimum atomic E-state index is -1.00. The zero-order valence-corrected chi connectivity index (χ0v) is 21.9. The standard InChI is InChI=1S/C24H41NO13/c26-22-1-2-23(27)25(22)3-4-30-5-6-31-7-8-32-9-10-33-11-12-34-13-14-35-15-16-36-17-18-37-19-20-38-21-24(28)29/h1-2H,3-21H2,(H,28,29). The van der Waals surface area contributed by atoms with Crippen LogP contribution in [0.15, 0.2) is 12.2 Å².